The van der Waals surface area contributed by atoms with Crippen LogP contribution in [0, 0.1) is 0 Å². The maximum atomic E-state index is 6.49. The van der Waals surface area contributed by atoms with Crippen LogP contribution in [0.3, 0.4) is 0 Å². The smallest absolute Gasteiger partial charge is 0.160 e. The third-order valence-electron chi connectivity index (χ3n) is 8.80. The van der Waals surface area contributed by atoms with Crippen LogP contribution in [0.25, 0.3) is 45.0 Å². The van der Waals surface area contributed by atoms with Crippen molar-refractivity contribution in [1.82, 2.24) is 15.0 Å². The molecular weight excluding hydrogens is 538 g/mol. The summed E-state index contributed by atoms with van der Waals surface area (Å²) in [6.07, 6.45) is 1.90. The van der Waals surface area contributed by atoms with Crippen LogP contribution >= 0.6 is 0 Å². The van der Waals surface area contributed by atoms with Crippen LogP contribution in [-0.4, -0.2) is 15.0 Å². The highest BCUT2D eigenvalue weighted by molar-refractivity contribution is 5.89. The van der Waals surface area contributed by atoms with Crippen LogP contribution in [0.1, 0.15) is 22.4 Å². The van der Waals surface area contributed by atoms with E-state index < -0.39 is 5.41 Å². The van der Waals surface area contributed by atoms with Crippen molar-refractivity contribution in [3.8, 4) is 56.5 Å². The van der Waals surface area contributed by atoms with Crippen molar-refractivity contribution < 1.29 is 4.74 Å². The van der Waals surface area contributed by atoms with Gasteiger partial charge < -0.3 is 4.74 Å². The fraction of sp³-hybridized carbons (Fsp3) is 0.0250. The first-order valence-electron chi connectivity index (χ1n) is 14.8. The van der Waals surface area contributed by atoms with Gasteiger partial charge in [0.1, 0.15) is 11.5 Å². The van der Waals surface area contributed by atoms with Crippen molar-refractivity contribution in [2.24, 2.45) is 0 Å². The zero-order valence-corrected chi connectivity index (χ0v) is 23.7. The molecule has 4 heteroatoms. The molecule has 1 aliphatic carbocycles. The van der Waals surface area contributed by atoms with Crippen LogP contribution < -0.4 is 4.74 Å². The van der Waals surface area contributed by atoms with E-state index in [1.54, 1.807) is 0 Å². The lowest BCUT2D eigenvalue weighted by Gasteiger charge is -2.38. The van der Waals surface area contributed by atoms with Gasteiger partial charge in [0.05, 0.1) is 22.5 Å². The largest absolute Gasteiger partial charge is 0.457 e. The lowest BCUT2D eigenvalue weighted by molar-refractivity contribution is 0.434. The minimum atomic E-state index is -0.646. The number of fused-ring (bicyclic) bond motifs is 9. The van der Waals surface area contributed by atoms with Crippen molar-refractivity contribution in [1.29, 1.82) is 0 Å². The van der Waals surface area contributed by atoms with Crippen molar-refractivity contribution in [2.45, 2.75) is 5.41 Å². The molecule has 0 fully saturated rings. The number of hydrogen-bond acceptors (Lipinski definition) is 4. The summed E-state index contributed by atoms with van der Waals surface area (Å²) in [5, 5.41) is 0. The van der Waals surface area contributed by atoms with E-state index in [2.05, 4.69) is 91.0 Å². The monoisotopic (exact) mass is 563 g/mol. The molecule has 2 aromatic heterocycles. The van der Waals surface area contributed by atoms with Crippen LogP contribution in [0.5, 0.6) is 11.5 Å². The quantitative estimate of drug-likeness (QED) is 0.215. The first-order chi connectivity index (χ1) is 21.8. The molecule has 0 saturated heterocycles. The molecule has 0 saturated carbocycles. The molecular formula is C40H25N3O. The molecule has 1 aliphatic heterocycles. The Bertz CT molecular complexity index is 2110. The average molecular weight is 564 g/mol. The molecule has 0 amide bonds. The molecule has 0 unspecified atom stereocenters. The second-order valence-corrected chi connectivity index (χ2v) is 11.2. The van der Waals surface area contributed by atoms with Gasteiger partial charge in [0.25, 0.3) is 0 Å². The first-order valence-corrected chi connectivity index (χ1v) is 14.8. The average Bonchev–Trinajstić information content (AvgIpc) is 3.39. The first kappa shape index (κ1) is 24.7. The van der Waals surface area contributed by atoms with Crippen LogP contribution in [0.2, 0.25) is 0 Å². The molecule has 7 aromatic rings. The van der Waals surface area contributed by atoms with Crippen molar-refractivity contribution in [2.75, 3.05) is 0 Å². The second-order valence-electron chi connectivity index (χ2n) is 11.2. The van der Waals surface area contributed by atoms with Gasteiger partial charge in [-0.3, -0.25) is 4.98 Å². The fourth-order valence-corrected chi connectivity index (χ4v) is 6.91. The van der Waals surface area contributed by atoms with E-state index in [0.29, 0.717) is 5.82 Å². The Morgan fingerprint density at radius 2 is 1.05 bits per heavy atom. The minimum absolute atomic E-state index is 0.646. The molecule has 4 nitrogen and oxygen atoms in total. The van der Waals surface area contributed by atoms with E-state index in [0.717, 1.165) is 73.1 Å². The van der Waals surface area contributed by atoms with Crippen molar-refractivity contribution >= 4 is 0 Å². The predicted molar refractivity (Wildman–Crippen MR) is 174 cm³/mol. The Balaban J connectivity index is 1.33. The summed E-state index contributed by atoms with van der Waals surface area (Å²) in [6.45, 7) is 0. The van der Waals surface area contributed by atoms with E-state index in [4.69, 9.17) is 19.7 Å². The van der Waals surface area contributed by atoms with Gasteiger partial charge in [-0.25, -0.2) is 9.97 Å². The zero-order valence-electron chi connectivity index (χ0n) is 23.7. The molecule has 0 radical (unpaired) electrons. The standard InChI is InChI=1S/C40H25N3O/c1-3-12-26(13-4-1)34-25-35(27-14-5-2-6-15-27)43-39(42-34)28-21-22-29-30-16-11-23-41-38(30)40(33(29)24-28)31-17-7-9-19-36(31)44-37-20-10-8-18-32(37)40/h1-25H. The molecule has 0 atom stereocenters. The topological polar surface area (TPSA) is 47.9 Å². The van der Waals surface area contributed by atoms with Crippen molar-refractivity contribution in [3.05, 3.63) is 174 Å². The maximum absolute atomic E-state index is 6.49. The van der Waals surface area contributed by atoms with Crippen LogP contribution in [0.15, 0.2) is 152 Å². The van der Waals surface area contributed by atoms with Gasteiger partial charge in [-0.2, -0.15) is 0 Å². The molecule has 1 spiro atoms. The number of pyridine rings is 1. The van der Waals surface area contributed by atoms with E-state index >= 15 is 0 Å². The fourth-order valence-electron chi connectivity index (χ4n) is 6.91. The normalized spacial score (nSPS) is 13.4. The number of para-hydroxylation sites is 2. The summed E-state index contributed by atoms with van der Waals surface area (Å²) in [5.74, 6) is 2.37. The summed E-state index contributed by atoms with van der Waals surface area (Å²) < 4.78 is 6.49. The van der Waals surface area contributed by atoms with Gasteiger partial charge in [0, 0.05) is 39.6 Å². The highest BCUT2D eigenvalue weighted by Gasteiger charge is 2.52. The Kier molecular flexibility index (Phi) is 5.38. The van der Waals surface area contributed by atoms with Gasteiger partial charge in [0.15, 0.2) is 5.82 Å². The number of ether oxygens (including phenoxy) is 1. The van der Waals surface area contributed by atoms with Crippen LogP contribution in [0.4, 0.5) is 0 Å². The lowest BCUT2D eigenvalue weighted by Crippen LogP contribution is -2.33. The molecule has 0 N–H and O–H groups in total. The second kappa shape index (κ2) is 9.58. The highest BCUT2D eigenvalue weighted by atomic mass is 16.5. The molecule has 9 rings (SSSR count). The number of aromatic nitrogens is 3. The van der Waals surface area contributed by atoms with E-state index in [1.807, 2.05) is 60.8 Å². The van der Waals surface area contributed by atoms with E-state index in [-0.39, 0.29) is 0 Å². The Hall–Kier alpha value is -5.87. The van der Waals surface area contributed by atoms with Gasteiger partial charge in [-0.1, -0.05) is 115 Å². The van der Waals surface area contributed by atoms with Gasteiger partial charge >= 0.3 is 0 Å². The molecule has 5 aromatic carbocycles. The van der Waals surface area contributed by atoms with Gasteiger partial charge in [-0.05, 0) is 41.5 Å². The van der Waals surface area contributed by atoms with Gasteiger partial charge in [0.2, 0.25) is 0 Å². The number of hydrogen-bond donors (Lipinski definition) is 0. The molecule has 3 heterocycles. The molecule has 206 valence electrons. The summed E-state index contributed by atoms with van der Waals surface area (Å²) in [6, 6.07) is 50.2. The van der Waals surface area contributed by atoms with E-state index in [1.165, 1.54) is 0 Å². The van der Waals surface area contributed by atoms with E-state index in [9.17, 15) is 0 Å². The predicted octanol–water partition coefficient (Wildman–Crippen LogP) is 9.34. The number of benzene rings is 5. The Morgan fingerprint density at radius 1 is 0.455 bits per heavy atom. The minimum Gasteiger partial charge on any atom is -0.457 e. The van der Waals surface area contributed by atoms with Gasteiger partial charge in [-0.15, -0.1) is 0 Å². The summed E-state index contributed by atoms with van der Waals surface area (Å²) in [4.78, 5) is 15.4. The maximum Gasteiger partial charge on any atom is 0.160 e. The molecule has 0 bridgehead atoms. The third kappa shape index (κ3) is 3.55. The zero-order chi connectivity index (χ0) is 29.1. The Morgan fingerprint density at radius 3 is 1.68 bits per heavy atom. The highest BCUT2D eigenvalue weighted by Crippen LogP contribution is 2.61. The lowest BCUT2D eigenvalue weighted by atomic mass is 9.67. The number of nitrogens with zero attached hydrogens (tertiary/aromatic N) is 3. The van der Waals surface area contributed by atoms with Crippen LogP contribution in [-0.2, 0) is 5.41 Å². The number of rotatable bonds is 3. The Labute approximate surface area is 255 Å². The summed E-state index contributed by atoms with van der Waals surface area (Å²) in [5.41, 5.74) is 10.8. The third-order valence-corrected chi connectivity index (χ3v) is 8.80. The molecule has 2 aliphatic rings. The summed E-state index contributed by atoms with van der Waals surface area (Å²) in [7, 11) is 0. The SMILES string of the molecule is c1ccc(-c2cc(-c3ccccc3)nc(-c3ccc4c(c3)C3(c5ccccc5Oc5ccccc53)c3ncccc3-4)n2)cc1. The summed E-state index contributed by atoms with van der Waals surface area (Å²) >= 11 is 0. The molecule has 44 heavy (non-hydrogen) atoms. The van der Waals surface area contributed by atoms with Crippen molar-refractivity contribution in [3.63, 3.8) is 0 Å².